The van der Waals surface area contributed by atoms with Gasteiger partial charge < -0.3 is 10.5 Å². The Hall–Kier alpha value is -0.0800. The summed E-state index contributed by atoms with van der Waals surface area (Å²) in [5, 5.41) is 0. The summed E-state index contributed by atoms with van der Waals surface area (Å²) in [4.78, 5) is 0. The molecule has 0 aromatic carbocycles. The standard InChI is InChI=1S/C9H19NO/c1-9(2,7-10)6-8-4-3-5-11-8/h8H,3-7,10H2,1-2H3/t8-/m0/s1. The van der Waals surface area contributed by atoms with E-state index < -0.39 is 0 Å². The predicted molar refractivity (Wildman–Crippen MR) is 46.4 cm³/mol. The number of hydrogen-bond acceptors (Lipinski definition) is 2. The Labute approximate surface area is 69.1 Å². The van der Waals surface area contributed by atoms with E-state index in [0.717, 1.165) is 19.6 Å². The Morgan fingerprint density at radius 2 is 2.27 bits per heavy atom. The highest BCUT2D eigenvalue weighted by Gasteiger charge is 2.24. The molecule has 2 heteroatoms. The van der Waals surface area contributed by atoms with E-state index in [9.17, 15) is 0 Å². The van der Waals surface area contributed by atoms with Crippen molar-refractivity contribution < 1.29 is 4.74 Å². The van der Waals surface area contributed by atoms with Gasteiger partial charge in [-0.3, -0.25) is 0 Å². The minimum Gasteiger partial charge on any atom is -0.378 e. The highest BCUT2D eigenvalue weighted by Crippen LogP contribution is 2.27. The van der Waals surface area contributed by atoms with Crippen molar-refractivity contribution in [2.24, 2.45) is 11.1 Å². The largest absolute Gasteiger partial charge is 0.378 e. The second kappa shape index (κ2) is 3.55. The van der Waals surface area contributed by atoms with Gasteiger partial charge in [-0.1, -0.05) is 13.8 Å². The van der Waals surface area contributed by atoms with E-state index in [4.69, 9.17) is 10.5 Å². The summed E-state index contributed by atoms with van der Waals surface area (Å²) < 4.78 is 5.54. The summed E-state index contributed by atoms with van der Waals surface area (Å²) >= 11 is 0. The molecular weight excluding hydrogens is 138 g/mol. The van der Waals surface area contributed by atoms with Crippen LogP contribution in [0.1, 0.15) is 33.1 Å². The molecule has 1 saturated heterocycles. The van der Waals surface area contributed by atoms with Crippen molar-refractivity contribution in [1.82, 2.24) is 0 Å². The van der Waals surface area contributed by atoms with Crippen LogP contribution in [0.4, 0.5) is 0 Å². The Morgan fingerprint density at radius 1 is 1.55 bits per heavy atom. The molecule has 0 aromatic heterocycles. The lowest BCUT2D eigenvalue weighted by molar-refractivity contribution is 0.0737. The van der Waals surface area contributed by atoms with Crippen LogP contribution in [0.3, 0.4) is 0 Å². The Morgan fingerprint density at radius 3 is 2.73 bits per heavy atom. The molecular formula is C9H19NO. The first-order valence-electron chi connectivity index (χ1n) is 4.46. The fourth-order valence-corrected chi connectivity index (χ4v) is 1.50. The molecule has 0 radical (unpaired) electrons. The van der Waals surface area contributed by atoms with Gasteiger partial charge in [0.15, 0.2) is 0 Å². The molecule has 0 bridgehead atoms. The average molecular weight is 157 g/mol. The maximum atomic E-state index is 5.63. The smallest absolute Gasteiger partial charge is 0.0581 e. The first kappa shape index (κ1) is 9.01. The Balaban J connectivity index is 2.28. The van der Waals surface area contributed by atoms with Gasteiger partial charge in [0.1, 0.15) is 0 Å². The number of ether oxygens (including phenoxy) is 1. The normalized spacial score (nSPS) is 25.9. The second-order valence-electron chi connectivity index (χ2n) is 4.21. The molecule has 2 nitrogen and oxygen atoms in total. The van der Waals surface area contributed by atoms with Gasteiger partial charge in [0.2, 0.25) is 0 Å². The fourth-order valence-electron chi connectivity index (χ4n) is 1.50. The summed E-state index contributed by atoms with van der Waals surface area (Å²) in [7, 11) is 0. The Kier molecular flexibility index (Phi) is 2.90. The van der Waals surface area contributed by atoms with Crippen LogP contribution < -0.4 is 5.73 Å². The van der Waals surface area contributed by atoms with E-state index in [1.165, 1.54) is 12.8 Å². The number of nitrogens with two attached hydrogens (primary N) is 1. The van der Waals surface area contributed by atoms with Gasteiger partial charge in [-0.25, -0.2) is 0 Å². The third-order valence-electron chi connectivity index (χ3n) is 2.36. The Bertz CT molecular complexity index is 117. The molecule has 1 heterocycles. The van der Waals surface area contributed by atoms with Crippen LogP contribution in [0.25, 0.3) is 0 Å². The lowest BCUT2D eigenvalue weighted by atomic mass is 9.86. The highest BCUT2D eigenvalue weighted by molar-refractivity contribution is 4.76. The molecule has 66 valence electrons. The van der Waals surface area contributed by atoms with Crippen molar-refractivity contribution in [2.45, 2.75) is 39.2 Å². The van der Waals surface area contributed by atoms with Crippen molar-refractivity contribution in [3.05, 3.63) is 0 Å². The molecule has 1 aliphatic heterocycles. The third-order valence-corrected chi connectivity index (χ3v) is 2.36. The van der Waals surface area contributed by atoms with Gasteiger partial charge in [-0.15, -0.1) is 0 Å². The predicted octanol–water partition coefficient (Wildman–Crippen LogP) is 1.54. The fraction of sp³-hybridized carbons (Fsp3) is 1.00. The summed E-state index contributed by atoms with van der Waals surface area (Å²) in [6.07, 6.45) is 4.05. The summed E-state index contributed by atoms with van der Waals surface area (Å²) in [6.45, 7) is 6.11. The maximum Gasteiger partial charge on any atom is 0.0581 e. The van der Waals surface area contributed by atoms with E-state index in [1.807, 2.05) is 0 Å². The van der Waals surface area contributed by atoms with Crippen molar-refractivity contribution >= 4 is 0 Å². The van der Waals surface area contributed by atoms with E-state index in [1.54, 1.807) is 0 Å². The number of rotatable bonds is 3. The van der Waals surface area contributed by atoms with Crippen LogP contribution in [0, 0.1) is 5.41 Å². The van der Waals surface area contributed by atoms with Gasteiger partial charge in [-0.05, 0) is 31.2 Å². The first-order valence-corrected chi connectivity index (χ1v) is 4.46. The van der Waals surface area contributed by atoms with Crippen LogP contribution in [0.2, 0.25) is 0 Å². The monoisotopic (exact) mass is 157 g/mol. The molecule has 0 spiro atoms. The molecule has 0 aromatic rings. The highest BCUT2D eigenvalue weighted by atomic mass is 16.5. The maximum absolute atomic E-state index is 5.63. The zero-order valence-corrected chi connectivity index (χ0v) is 7.60. The van der Waals surface area contributed by atoms with E-state index in [2.05, 4.69) is 13.8 Å². The van der Waals surface area contributed by atoms with Gasteiger partial charge in [0.25, 0.3) is 0 Å². The molecule has 1 rings (SSSR count). The van der Waals surface area contributed by atoms with Crippen molar-refractivity contribution in [3.63, 3.8) is 0 Å². The van der Waals surface area contributed by atoms with Gasteiger partial charge in [0.05, 0.1) is 6.10 Å². The van der Waals surface area contributed by atoms with Gasteiger partial charge in [0, 0.05) is 6.61 Å². The van der Waals surface area contributed by atoms with Crippen LogP contribution in [0.5, 0.6) is 0 Å². The molecule has 0 saturated carbocycles. The lowest BCUT2D eigenvalue weighted by Crippen LogP contribution is -2.28. The quantitative estimate of drug-likeness (QED) is 0.674. The molecule has 1 aliphatic rings. The summed E-state index contributed by atoms with van der Waals surface area (Å²) in [5.74, 6) is 0. The zero-order valence-electron chi connectivity index (χ0n) is 7.60. The van der Waals surface area contributed by atoms with E-state index in [-0.39, 0.29) is 5.41 Å². The van der Waals surface area contributed by atoms with Crippen LogP contribution in [-0.4, -0.2) is 19.3 Å². The second-order valence-corrected chi connectivity index (χ2v) is 4.21. The zero-order chi connectivity index (χ0) is 8.32. The van der Waals surface area contributed by atoms with Crippen molar-refractivity contribution in [2.75, 3.05) is 13.2 Å². The lowest BCUT2D eigenvalue weighted by Gasteiger charge is -2.25. The molecule has 0 unspecified atom stereocenters. The minimum absolute atomic E-state index is 0.259. The molecule has 2 N–H and O–H groups in total. The van der Waals surface area contributed by atoms with Crippen LogP contribution in [-0.2, 0) is 4.74 Å². The minimum atomic E-state index is 0.259. The van der Waals surface area contributed by atoms with Crippen LogP contribution >= 0.6 is 0 Å². The molecule has 0 aliphatic carbocycles. The van der Waals surface area contributed by atoms with Gasteiger partial charge in [-0.2, -0.15) is 0 Å². The number of hydrogen-bond donors (Lipinski definition) is 1. The molecule has 1 atom stereocenters. The topological polar surface area (TPSA) is 35.2 Å². The molecule has 1 fully saturated rings. The third kappa shape index (κ3) is 2.80. The van der Waals surface area contributed by atoms with E-state index in [0.29, 0.717) is 6.10 Å². The van der Waals surface area contributed by atoms with Crippen LogP contribution in [0.15, 0.2) is 0 Å². The van der Waals surface area contributed by atoms with Crippen molar-refractivity contribution in [3.8, 4) is 0 Å². The average Bonchev–Trinajstić information content (AvgIpc) is 2.39. The summed E-state index contributed by atoms with van der Waals surface area (Å²) in [6, 6.07) is 0. The first-order chi connectivity index (χ1) is 5.14. The molecule has 0 amide bonds. The SMILES string of the molecule is CC(C)(CN)C[C@@H]1CCCO1. The summed E-state index contributed by atoms with van der Waals surface area (Å²) in [5.41, 5.74) is 5.89. The van der Waals surface area contributed by atoms with E-state index >= 15 is 0 Å². The van der Waals surface area contributed by atoms with Gasteiger partial charge >= 0.3 is 0 Å². The molecule has 11 heavy (non-hydrogen) atoms. The van der Waals surface area contributed by atoms with Crippen molar-refractivity contribution in [1.29, 1.82) is 0 Å².